The van der Waals surface area contributed by atoms with Crippen LogP contribution in [0.2, 0.25) is 0 Å². The molecule has 9 heteroatoms. The minimum atomic E-state index is -0.959. The molecule has 1 aromatic heterocycles. The van der Waals surface area contributed by atoms with Crippen LogP contribution in [-0.4, -0.2) is 44.9 Å². The summed E-state index contributed by atoms with van der Waals surface area (Å²) in [6, 6.07) is 0.988. The fourth-order valence-electron chi connectivity index (χ4n) is 1.51. The molecular formula is C15H27N5O3S. The first-order chi connectivity index (χ1) is 11.4. The van der Waals surface area contributed by atoms with Gasteiger partial charge in [0.15, 0.2) is 0 Å². The molecule has 1 aromatic rings. The Kier molecular flexibility index (Phi) is 14.4. The number of aryl methyl sites for hydroxylation is 1. The number of hydrogen-bond donors (Lipinski definition) is 5. The zero-order valence-corrected chi connectivity index (χ0v) is 15.3. The second-order valence-electron chi connectivity index (χ2n) is 4.15. The lowest BCUT2D eigenvalue weighted by atomic mass is 10.2. The number of hydrogen-bond acceptors (Lipinski definition) is 6. The Balaban J connectivity index is 0. The number of primary amides is 1. The van der Waals surface area contributed by atoms with E-state index < -0.39 is 23.8 Å². The van der Waals surface area contributed by atoms with Crippen LogP contribution in [0.15, 0.2) is 17.5 Å². The molecule has 1 atom stereocenters. The van der Waals surface area contributed by atoms with Crippen molar-refractivity contribution in [1.29, 1.82) is 0 Å². The number of rotatable bonds is 6. The number of amides is 3. The van der Waals surface area contributed by atoms with E-state index in [0.717, 1.165) is 10.4 Å². The maximum Gasteiger partial charge on any atom is 0.244 e. The Morgan fingerprint density at radius 2 is 1.83 bits per heavy atom. The van der Waals surface area contributed by atoms with Gasteiger partial charge in [-0.25, -0.2) is 0 Å². The third-order valence-electron chi connectivity index (χ3n) is 2.57. The van der Waals surface area contributed by atoms with Crippen molar-refractivity contribution in [2.75, 3.05) is 21.1 Å². The SMILES string of the molecule is CN.CN.CNC(=O)[C@H](CC(N)=O)NC(=O)/C=C/c1sccc1C. The number of nitrogens with two attached hydrogens (primary N) is 3. The Labute approximate surface area is 146 Å². The maximum absolute atomic E-state index is 11.7. The van der Waals surface area contributed by atoms with Gasteiger partial charge in [0.1, 0.15) is 6.04 Å². The summed E-state index contributed by atoms with van der Waals surface area (Å²) in [5.74, 6) is -1.57. The van der Waals surface area contributed by atoms with Gasteiger partial charge >= 0.3 is 0 Å². The average molecular weight is 357 g/mol. The van der Waals surface area contributed by atoms with Crippen LogP contribution in [0.1, 0.15) is 16.9 Å². The molecular weight excluding hydrogens is 330 g/mol. The van der Waals surface area contributed by atoms with Crippen LogP contribution in [0.25, 0.3) is 6.08 Å². The standard InChI is InChI=1S/C13H17N3O3S.2CH5N/c1-8-5-6-20-10(8)3-4-12(18)16-9(7-11(14)17)13(19)15-2;2*1-2/h3-6,9H,7H2,1-2H3,(H2,14,17)(H,15,19)(H,16,18);2*2H2,1H3/b4-3+;;/t9-;;/m0../s1. The highest BCUT2D eigenvalue weighted by molar-refractivity contribution is 7.11. The van der Waals surface area contributed by atoms with E-state index >= 15 is 0 Å². The predicted molar refractivity (Wildman–Crippen MR) is 98.1 cm³/mol. The summed E-state index contributed by atoms with van der Waals surface area (Å²) >= 11 is 1.51. The van der Waals surface area contributed by atoms with Crippen LogP contribution in [-0.2, 0) is 14.4 Å². The molecule has 0 aliphatic heterocycles. The number of thiophene rings is 1. The van der Waals surface area contributed by atoms with Crippen LogP contribution >= 0.6 is 11.3 Å². The molecule has 1 heterocycles. The maximum atomic E-state index is 11.7. The van der Waals surface area contributed by atoms with Crippen molar-refractivity contribution in [3.63, 3.8) is 0 Å². The van der Waals surface area contributed by atoms with Gasteiger partial charge in [-0.15, -0.1) is 11.3 Å². The Bertz CT molecular complexity index is 543. The molecule has 0 bridgehead atoms. The van der Waals surface area contributed by atoms with Gasteiger partial charge < -0.3 is 27.8 Å². The van der Waals surface area contributed by atoms with E-state index in [1.165, 1.54) is 38.6 Å². The molecule has 0 fully saturated rings. The second-order valence-corrected chi connectivity index (χ2v) is 5.09. The molecule has 8 nitrogen and oxygen atoms in total. The third-order valence-corrected chi connectivity index (χ3v) is 3.56. The summed E-state index contributed by atoms with van der Waals surface area (Å²) in [4.78, 5) is 35.1. The summed E-state index contributed by atoms with van der Waals surface area (Å²) in [5, 5.41) is 6.74. The minimum Gasteiger partial charge on any atom is -0.370 e. The van der Waals surface area contributed by atoms with Gasteiger partial charge in [-0.3, -0.25) is 14.4 Å². The smallest absolute Gasteiger partial charge is 0.244 e. The lowest BCUT2D eigenvalue weighted by molar-refractivity contribution is -0.129. The summed E-state index contributed by atoms with van der Waals surface area (Å²) in [6.45, 7) is 1.94. The first-order valence-corrected chi connectivity index (χ1v) is 8.00. The first kappa shape index (κ1) is 24.0. The van der Waals surface area contributed by atoms with Crippen LogP contribution in [0.5, 0.6) is 0 Å². The highest BCUT2D eigenvalue weighted by Crippen LogP contribution is 2.16. The quantitative estimate of drug-likeness (QED) is 0.427. The molecule has 0 radical (unpaired) electrons. The van der Waals surface area contributed by atoms with Crippen molar-refractivity contribution < 1.29 is 14.4 Å². The molecule has 0 aromatic carbocycles. The molecule has 1 rings (SSSR count). The van der Waals surface area contributed by atoms with E-state index in [-0.39, 0.29) is 6.42 Å². The van der Waals surface area contributed by atoms with Crippen LogP contribution < -0.4 is 27.8 Å². The first-order valence-electron chi connectivity index (χ1n) is 7.12. The number of likely N-dealkylation sites (N-methyl/N-ethyl adjacent to an activating group) is 1. The van der Waals surface area contributed by atoms with E-state index in [2.05, 4.69) is 22.1 Å². The number of carbonyl (C=O) groups is 3. The largest absolute Gasteiger partial charge is 0.370 e. The highest BCUT2D eigenvalue weighted by atomic mass is 32.1. The predicted octanol–water partition coefficient (Wildman–Crippen LogP) is -0.674. The molecule has 0 aliphatic carbocycles. The van der Waals surface area contributed by atoms with Crippen molar-refractivity contribution in [3.8, 4) is 0 Å². The summed E-state index contributed by atoms with van der Waals surface area (Å²) in [6.07, 6.45) is 2.76. The van der Waals surface area contributed by atoms with E-state index in [9.17, 15) is 14.4 Å². The third kappa shape index (κ3) is 9.72. The molecule has 0 saturated carbocycles. The molecule has 136 valence electrons. The number of carbonyl (C=O) groups excluding carboxylic acids is 3. The Hall–Kier alpha value is -2.23. The van der Waals surface area contributed by atoms with E-state index in [4.69, 9.17) is 5.73 Å². The lowest BCUT2D eigenvalue weighted by Crippen LogP contribution is -2.47. The van der Waals surface area contributed by atoms with Gasteiger partial charge in [-0.2, -0.15) is 0 Å². The lowest BCUT2D eigenvalue weighted by Gasteiger charge is -2.14. The normalized spacial score (nSPS) is 10.6. The molecule has 3 amide bonds. The van der Waals surface area contributed by atoms with Crippen molar-refractivity contribution in [2.24, 2.45) is 17.2 Å². The van der Waals surface area contributed by atoms with Crippen LogP contribution in [0.3, 0.4) is 0 Å². The van der Waals surface area contributed by atoms with Gasteiger partial charge in [-0.05, 0) is 44.1 Å². The highest BCUT2D eigenvalue weighted by Gasteiger charge is 2.20. The van der Waals surface area contributed by atoms with E-state index in [1.54, 1.807) is 6.08 Å². The zero-order chi connectivity index (χ0) is 19.1. The van der Waals surface area contributed by atoms with Gasteiger partial charge in [0.05, 0.1) is 6.42 Å². The van der Waals surface area contributed by atoms with Crippen molar-refractivity contribution in [3.05, 3.63) is 28.0 Å². The number of nitrogens with one attached hydrogen (secondary N) is 2. The Morgan fingerprint density at radius 3 is 2.25 bits per heavy atom. The summed E-state index contributed by atoms with van der Waals surface area (Å²) in [5.41, 5.74) is 15.1. The van der Waals surface area contributed by atoms with Gasteiger partial charge in [-0.1, -0.05) is 0 Å². The molecule has 8 N–H and O–H groups in total. The van der Waals surface area contributed by atoms with Crippen molar-refractivity contribution in [2.45, 2.75) is 19.4 Å². The molecule has 0 saturated heterocycles. The summed E-state index contributed by atoms with van der Waals surface area (Å²) < 4.78 is 0. The summed E-state index contributed by atoms with van der Waals surface area (Å²) in [7, 11) is 4.42. The van der Waals surface area contributed by atoms with Crippen molar-refractivity contribution >= 4 is 35.1 Å². The van der Waals surface area contributed by atoms with Gasteiger partial charge in [0, 0.05) is 18.0 Å². The molecule has 0 aliphatic rings. The van der Waals surface area contributed by atoms with Crippen LogP contribution in [0.4, 0.5) is 0 Å². The molecule has 24 heavy (non-hydrogen) atoms. The minimum absolute atomic E-state index is 0.239. The molecule has 0 unspecified atom stereocenters. The van der Waals surface area contributed by atoms with E-state index in [0.29, 0.717) is 0 Å². The van der Waals surface area contributed by atoms with Crippen LogP contribution in [0, 0.1) is 6.92 Å². The average Bonchev–Trinajstić information content (AvgIpc) is 3.00. The topological polar surface area (TPSA) is 153 Å². The van der Waals surface area contributed by atoms with E-state index in [1.807, 2.05) is 18.4 Å². The second kappa shape index (κ2) is 14.4. The fraction of sp³-hybridized carbons (Fsp3) is 0.400. The van der Waals surface area contributed by atoms with Crippen molar-refractivity contribution in [1.82, 2.24) is 10.6 Å². The zero-order valence-electron chi connectivity index (χ0n) is 14.5. The monoisotopic (exact) mass is 357 g/mol. The molecule has 0 spiro atoms. The van der Waals surface area contributed by atoms with Gasteiger partial charge in [0.25, 0.3) is 0 Å². The fourth-order valence-corrected chi connectivity index (χ4v) is 2.33. The van der Waals surface area contributed by atoms with Gasteiger partial charge in [0.2, 0.25) is 17.7 Å². The Morgan fingerprint density at radius 1 is 1.25 bits per heavy atom.